The van der Waals surface area contributed by atoms with Gasteiger partial charge in [0.25, 0.3) is 5.56 Å². The minimum atomic E-state index is -0.881. The molecule has 3 aromatic rings. The van der Waals surface area contributed by atoms with Crippen molar-refractivity contribution in [1.29, 1.82) is 0 Å². The molecule has 0 atom stereocenters. The van der Waals surface area contributed by atoms with Crippen LogP contribution in [0.3, 0.4) is 0 Å². The van der Waals surface area contributed by atoms with Gasteiger partial charge in [-0.1, -0.05) is 23.9 Å². The summed E-state index contributed by atoms with van der Waals surface area (Å²) in [5, 5.41) is 0.480. The summed E-state index contributed by atoms with van der Waals surface area (Å²) in [4.78, 5) is 32.1. The molecule has 158 valence electrons. The van der Waals surface area contributed by atoms with Crippen LogP contribution in [-0.4, -0.2) is 38.2 Å². The molecule has 0 bridgehead atoms. The van der Waals surface area contributed by atoms with E-state index in [1.807, 2.05) is 27.7 Å². The molecule has 1 heterocycles. The maximum atomic E-state index is 14.5. The Morgan fingerprint density at radius 2 is 1.77 bits per heavy atom. The summed E-state index contributed by atoms with van der Waals surface area (Å²) in [7, 11) is 0. The van der Waals surface area contributed by atoms with Gasteiger partial charge in [-0.05, 0) is 52.0 Å². The molecule has 0 saturated carbocycles. The maximum Gasteiger partial charge on any atom is 0.266 e. The van der Waals surface area contributed by atoms with Gasteiger partial charge in [0.2, 0.25) is 5.91 Å². The van der Waals surface area contributed by atoms with Crippen LogP contribution in [0.5, 0.6) is 0 Å². The van der Waals surface area contributed by atoms with E-state index < -0.39 is 17.2 Å². The molecule has 1 aromatic heterocycles. The van der Waals surface area contributed by atoms with Gasteiger partial charge in [0.15, 0.2) is 5.16 Å². The number of carbonyl (C=O) groups excluding carboxylic acids is 1. The highest BCUT2D eigenvalue weighted by Crippen LogP contribution is 2.24. The van der Waals surface area contributed by atoms with Crippen molar-refractivity contribution >= 4 is 28.6 Å². The quantitative estimate of drug-likeness (QED) is 0.429. The van der Waals surface area contributed by atoms with E-state index in [2.05, 4.69) is 4.98 Å². The van der Waals surface area contributed by atoms with Crippen LogP contribution in [0.2, 0.25) is 0 Å². The summed E-state index contributed by atoms with van der Waals surface area (Å²) in [6.07, 6.45) is 0. The predicted octanol–water partition coefficient (Wildman–Crippen LogP) is 4.40. The molecule has 0 radical (unpaired) electrons. The predicted molar refractivity (Wildman–Crippen MR) is 115 cm³/mol. The molecule has 0 spiro atoms. The second-order valence-electron chi connectivity index (χ2n) is 7.43. The van der Waals surface area contributed by atoms with E-state index in [4.69, 9.17) is 0 Å². The third-order valence-corrected chi connectivity index (χ3v) is 5.54. The van der Waals surface area contributed by atoms with Crippen LogP contribution in [0.15, 0.2) is 52.4 Å². The first kappa shape index (κ1) is 22.0. The zero-order valence-corrected chi connectivity index (χ0v) is 18.0. The standard InChI is InChI=1S/C22H23F2N3O2S/c1-13(2)26(14(3)4)20(28)12-30-22-25-18-8-6-5-7-16(18)21(29)27(22)19-10-9-15(23)11-17(19)24/h5-11,13-14H,12H2,1-4H3. The van der Waals surface area contributed by atoms with Crippen LogP contribution in [0.1, 0.15) is 27.7 Å². The summed E-state index contributed by atoms with van der Waals surface area (Å²) < 4.78 is 29.0. The fourth-order valence-electron chi connectivity index (χ4n) is 3.46. The number of benzene rings is 2. The summed E-state index contributed by atoms with van der Waals surface area (Å²) in [6.45, 7) is 7.72. The molecule has 30 heavy (non-hydrogen) atoms. The lowest BCUT2D eigenvalue weighted by atomic mass is 10.2. The van der Waals surface area contributed by atoms with Crippen molar-refractivity contribution in [2.24, 2.45) is 0 Å². The van der Waals surface area contributed by atoms with Gasteiger partial charge in [0, 0.05) is 18.2 Å². The number of halogens is 2. The zero-order chi connectivity index (χ0) is 22.0. The zero-order valence-electron chi connectivity index (χ0n) is 17.2. The van der Waals surface area contributed by atoms with Gasteiger partial charge < -0.3 is 4.90 Å². The monoisotopic (exact) mass is 431 g/mol. The Bertz CT molecular complexity index is 1140. The van der Waals surface area contributed by atoms with Crippen LogP contribution < -0.4 is 5.56 Å². The van der Waals surface area contributed by atoms with Crippen molar-refractivity contribution in [2.75, 3.05) is 5.75 Å². The number of fused-ring (bicyclic) bond motifs is 1. The van der Waals surface area contributed by atoms with Gasteiger partial charge in [-0.25, -0.2) is 13.8 Å². The Labute approximate surface area is 177 Å². The highest BCUT2D eigenvalue weighted by Gasteiger charge is 2.22. The van der Waals surface area contributed by atoms with Gasteiger partial charge in [-0.3, -0.25) is 14.2 Å². The molecule has 5 nitrogen and oxygen atoms in total. The first-order valence-electron chi connectivity index (χ1n) is 9.62. The van der Waals surface area contributed by atoms with Crippen molar-refractivity contribution in [2.45, 2.75) is 44.9 Å². The van der Waals surface area contributed by atoms with Crippen molar-refractivity contribution in [3.05, 3.63) is 64.5 Å². The number of aromatic nitrogens is 2. The Morgan fingerprint density at radius 3 is 2.40 bits per heavy atom. The largest absolute Gasteiger partial charge is 0.337 e. The maximum absolute atomic E-state index is 14.5. The summed E-state index contributed by atoms with van der Waals surface area (Å²) in [5.74, 6) is -1.71. The smallest absolute Gasteiger partial charge is 0.266 e. The number of amides is 1. The number of hydrogen-bond acceptors (Lipinski definition) is 4. The van der Waals surface area contributed by atoms with Crippen molar-refractivity contribution in [3.8, 4) is 5.69 Å². The molecule has 8 heteroatoms. The fraction of sp³-hybridized carbons (Fsp3) is 0.318. The fourth-order valence-corrected chi connectivity index (χ4v) is 4.33. The topological polar surface area (TPSA) is 55.2 Å². The van der Waals surface area contributed by atoms with E-state index in [0.717, 1.165) is 28.5 Å². The van der Waals surface area contributed by atoms with E-state index in [0.29, 0.717) is 10.9 Å². The third-order valence-electron chi connectivity index (χ3n) is 4.62. The average Bonchev–Trinajstić information content (AvgIpc) is 2.67. The molecule has 0 aliphatic heterocycles. The molecule has 0 unspecified atom stereocenters. The number of carbonyl (C=O) groups is 1. The summed E-state index contributed by atoms with van der Waals surface area (Å²) in [5.41, 5.74) is -0.148. The summed E-state index contributed by atoms with van der Waals surface area (Å²) >= 11 is 1.06. The Hall–Kier alpha value is -2.74. The molecule has 2 aromatic carbocycles. The lowest BCUT2D eigenvalue weighted by molar-refractivity contribution is -0.131. The van der Waals surface area contributed by atoms with Crippen LogP contribution in [0, 0.1) is 11.6 Å². The molecule has 0 N–H and O–H groups in total. The van der Waals surface area contributed by atoms with E-state index in [1.165, 1.54) is 6.07 Å². The van der Waals surface area contributed by atoms with E-state index >= 15 is 0 Å². The normalized spacial score (nSPS) is 11.5. The molecule has 3 rings (SSSR count). The van der Waals surface area contributed by atoms with Gasteiger partial charge in [0.05, 0.1) is 22.3 Å². The molecule has 0 aliphatic carbocycles. The number of nitrogens with zero attached hydrogens (tertiary/aromatic N) is 3. The molecular weight excluding hydrogens is 408 g/mol. The number of rotatable bonds is 6. The summed E-state index contributed by atoms with van der Waals surface area (Å²) in [6, 6.07) is 9.74. The lowest BCUT2D eigenvalue weighted by Gasteiger charge is -2.30. The van der Waals surface area contributed by atoms with E-state index in [-0.39, 0.29) is 34.6 Å². The van der Waals surface area contributed by atoms with Crippen LogP contribution in [0.4, 0.5) is 8.78 Å². The van der Waals surface area contributed by atoms with Gasteiger partial charge >= 0.3 is 0 Å². The minimum Gasteiger partial charge on any atom is -0.337 e. The molecule has 0 saturated heterocycles. The Kier molecular flexibility index (Phi) is 6.55. The molecular formula is C22H23F2N3O2S. The van der Waals surface area contributed by atoms with Gasteiger partial charge in [0.1, 0.15) is 11.6 Å². The number of thioether (sulfide) groups is 1. The molecule has 0 fully saturated rings. The highest BCUT2D eigenvalue weighted by atomic mass is 32.2. The molecule has 0 aliphatic rings. The van der Waals surface area contributed by atoms with Gasteiger partial charge in [-0.15, -0.1) is 0 Å². The van der Waals surface area contributed by atoms with Crippen LogP contribution >= 0.6 is 11.8 Å². The van der Waals surface area contributed by atoms with E-state index in [9.17, 15) is 18.4 Å². The van der Waals surface area contributed by atoms with Crippen molar-refractivity contribution in [1.82, 2.24) is 14.5 Å². The number of hydrogen-bond donors (Lipinski definition) is 0. The first-order chi connectivity index (χ1) is 14.2. The second-order valence-corrected chi connectivity index (χ2v) is 8.37. The lowest BCUT2D eigenvalue weighted by Crippen LogP contribution is -2.43. The Balaban J connectivity index is 2.09. The number of para-hydroxylation sites is 1. The minimum absolute atomic E-state index is 0.0133. The van der Waals surface area contributed by atoms with E-state index in [1.54, 1.807) is 29.2 Å². The van der Waals surface area contributed by atoms with Crippen LogP contribution in [0.25, 0.3) is 16.6 Å². The first-order valence-corrected chi connectivity index (χ1v) is 10.6. The van der Waals surface area contributed by atoms with Crippen molar-refractivity contribution in [3.63, 3.8) is 0 Å². The average molecular weight is 432 g/mol. The second kappa shape index (κ2) is 8.95. The third kappa shape index (κ3) is 4.38. The van der Waals surface area contributed by atoms with Gasteiger partial charge in [-0.2, -0.15) is 0 Å². The highest BCUT2D eigenvalue weighted by molar-refractivity contribution is 7.99. The molecule has 1 amide bonds. The van der Waals surface area contributed by atoms with Crippen LogP contribution in [-0.2, 0) is 4.79 Å². The van der Waals surface area contributed by atoms with Crippen molar-refractivity contribution < 1.29 is 13.6 Å². The SMILES string of the molecule is CC(C)N(C(=O)CSc1nc2ccccc2c(=O)n1-c1ccc(F)cc1F)C(C)C. The Morgan fingerprint density at radius 1 is 1.10 bits per heavy atom.